The van der Waals surface area contributed by atoms with Crippen molar-refractivity contribution in [3.8, 4) is 0 Å². The third kappa shape index (κ3) is 3.05. The Hall–Kier alpha value is -2.60. The Morgan fingerprint density at radius 3 is 2.42 bits per heavy atom. The van der Waals surface area contributed by atoms with Crippen molar-refractivity contribution in [3.05, 3.63) is 71.9 Å². The summed E-state index contributed by atoms with van der Waals surface area (Å²) in [6.07, 6.45) is 1.60. The van der Waals surface area contributed by atoms with E-state index in [4.69, 9.17) is 4.74 Å². The topological polar surface area (TPSA) is 63.7 Å². The van der Waals surface area contributed by atoms with Gasteiger partial charge in [-0.05, 0) is 17.7 Å². The summed E-state index contributed by atoms with van der Waals surface area (Å²) in [5.41, 5.74) is 1.25. The SMILES string of the molecule is CCC(=O)OC1=CN(Cc2ccccc2)S(=O)(=O)c2ccccc21. The summed E-state index contributed by atoms with van der Waals surface area (Å²) in [5, 5.41) is 0. The molecular weight excluding hydrogens is 326 g/mol. The predicted molar refractivity (Wildman–Crippen MR) is 90.0 cm³/mol. The van der Waals surface area contributed by atoms with Crippen molar-refractivity contribution >= 4 is 21.8 Å². The minimum atomic E-state index is -3.69. The molecule has 0 amide bonds. The normalized spacial score (nSPS) is 15.4. The van der Waals surface area contributed by atoms with Crippen molar-refractivity contribution in [2.45, 2.75) is 24.8 Å². The summed E-state index contributed by atoms with van der Waals surface area (Å²) >= 11 is 0. The highest BCUT2D eigenvalue weighted by Crippen LogP contribution is 2.33. The molecule has 1 aliphatic rings. The molecule has 0 N–H and O–H groups in total. The van der Waals surface area contributed by atoms with E-state index in [9.17, 15) is 13.2 Å². The van der Waals surface area contributed by atoms with Crippen LogP contribution in [0.4, 0.5) is 0 Å². The van der Waals surface area contributed by atoms with Gasteiger partial charge in [0.05, 0.1) is 17.6 Å². The molecule has 0 aliphatic carbocycles. The Morgan fingerprint density at radius 2 is 1.71 bits per heavy atom. The van der Waals surface area contributed by atoms with Gasteiger partial charge < -0.3 is 4.74 Å². The molecule has 0 spiro atoms. The Balaban J connectivity index is 2.05. The lowest BCUT2D eigenvalue weighted by Gasteiger charge is -2.27. The van der Waals surface area contributed by atoms with E-state index in [1.807, 2.05) is 30.3 Å². The molecule has 1 aliphatic heterocycles. The van der Waals surface area contributed by atoms with Gasteiger partial charge in [-0.15, -0.1) is 0 Å². The van der Waals surface area contributed by atoms with Crippen LogP contribution in [-0.4, -0.2) is 18.7 Å². The molecule has 3 rings (SSSR count). The maximum Gasteiger partial charge on any atom is 0.310 e. The maximum absolute atomic E-state index is 12.9. The Morgan fingerprint density at radius 1 is 1.04 bits per heavy atom. The number of carbonyl (C=O) groups excluding carboxylic acids is 1. The highest BCUT2D eigenvalue weighted by Gasteiger charge is 2.32. The van der Waals surface area contributed by atoms with Gasteiger partial charge >= 0.3 is 5.97 Å². The van der Waals surface area contributed by atoms with Crippen LogP contribution in [0.5, 0.6) is 0 Å². The smallest absolute Gasteiger partial charge is 0.310 e. The highest BCUT2D eigenvalue weighted by molar-refractivity contribution is 7.89. The molecule has 0 radical (unpaired) electrons. The monoisotopic (exact) mass is 343 g/mol. The summed E-state index contributed by atoms with van der Waals surface area (Å²) in [7, 11) is -3.69. The second kappa shape index (κ2) is 6.49. The summed E-state index contributed by atoms with van der Waals surface area (Å²) in [6, 6.07) is 15.8. The van der Waals surface area contributed by atoms with E-state index in [1.165, 1.54) is 16.6 Å². The summed E-state index contributed by atoms with van der Waals surface area (Å²) in [5.74, 6) is -0.154. The summed E-state index contributed by atoms with van der Waals surface area (Å²) in [6.45, 7) is 1.86. The lowest BCUT2D eigenvalue weighted by atomic mass is 10.2. The molecule has 0 saturated carbocycles. The molecule has 24 heavy (non-hydrogen) atoms. The minimum absolute atomic E-state index is 0.141. The molecule has 0 fully saturated rings. The van der Waals surface area contributed by atoms with E-state index in [2.05, 4.69) is 0 Å². The molecule has 124 valence electrons. The van der Waals surface area contributed by atoms with Crippen LogP contribution in [0.25, 0.3) is 5.76 Å². The highest BCUT2D eigenvalue weighted by atomic mass is 32.2. The molecule has 0 bridgehead atoms. The number of esters is 1. The van der Waals surface area contributed by atoms with Crippen LogP contribution in [0.2, 0.25) is 0 Å². The number of nitrogens with zero attached hydrogens (tertiary/aromatic N) is 1. The van der Waals surface area contributed by atoms with Gasteiger partial charge in [-0.3, -0.25) is 9.10 Å². The number of hydrogen-bond acceptors (Lipinski definition) is 4. The van der Waals surface area contributed by atoms with Gasteiger partial charge in [0.1, 0.15) is 0 Å². The third-order valence-corrected chi connectivity index (χ3v) is 5.46. The van der Waals surface area contributed by atoms with E-state index >= 15 is 0 Å². The van der Waals surface area contributed by atoms with Gasteiger partial charge in [0.15, 0.2) is 5.76 Å². The third-order valence-electron chi connectivity index (χ3n) is 3.69. The zero-order valence-corrected chi connectivity index (χ0v) is 14.0. The zero-order valence-electron chi connectivity index (χ0n) is 13.2. The van der Waals surface area contributed by atoms with Gasteiger partial charge in [-0.2, -0.15) is 0 Å². The van der Waals surface area contributed by atoms with Crippen LogP contribution in [0.3, 0.4) is 0 Å². The standard InChI is InChI=1S/C18H17NO4S/c1-2-18(20)23-16-13-19(12-14-8-4-3-5-9-14)24(21,22)17-11-7-6-10-15(16)17/h3-11,13H,2,12H2,1H3. The fourth-order valence-corrected chi connectivity index (χ4v) is 3.96. The summed E-state index contributed by atoms with van der Waals surface area (Å²) in [4.78, 5) is 11.8. The number of rotatable bonds is 4. The van der Waals surface area contributed by atoms with Crippen LogP contribution in [0, 0.1) is 0 Å². The van der Waals surface area contributed by atoms with Crippen molar-refractivity contribution in [1.29, 1.82) is 0 Å². The van der Waals surface area contributed by atoms with Gasteiger partial charge in [0.2, 0.25) is 0 Å². The lowest BCUT2D eigenvalue weighted by molar-refractivity contribution is -0.136. The number of benzene rings is 2. The fraction of sp³-hybridized carbons (Fsp3) is 0.167. The first kappa shape index (κ1) is 16.3. The predicted octanol–water partition coefficient (Wildman–Crippen LogP) is 3.14. The largest absolute Gasteiger partial charge is 0.424 e. The maximum atomic E-state index is 12.9. The first-order chi connectivity index (χ1) is 11.5. The quantitative estimate of drug-likeness (QED) is 0.800. The zero-order chi connectivity index (χ0) is 17.2. The van der Waals surface area contributed by atoms with Crippen molar-refractivity contribution in [2.75, 3.05) is 0 Å². The van der Waals surface area contributed by atoms with E-state index in [1.54, 1.807) is 25.1 Å². The van der Waals surface area contributed by atoms with Crippen molar-refractivity contribution in [1.82, 2.24) is 4.31 Å². The average molecular weight is 343 g/mol. The molecule has 2 aromatic carbocycles. The van der Waals surface area contributed by atoms with E-state index in [0.29, 0.717) is 5.56 Å². The van der Waals surface area contributed by atoms with E-state index in [0.717, 1.165) is 5.56 Å². The molecular formula is C18H17NO4S. The van der Waals surface area contributed by atoms with Crippen molar-refractivity contribution < 1.29 is 17.9 Å². The molecule has 2 aromatic rings. The first-order valence-corrected chi connectivity index (χ1v) is 9.04. The Bertz CT molecular complexity index is 888. The number of ether oxygens (including phenoxy) is 1. The number of sulfonamides is 1. The van der Waals surface area contributed by atoms with Crippen LogP contribution in [0.1, 0.15) is 24.5 Å². The van der Waals surface area contributed by atoms with Crippen LogP contribution in [-0.2, 0) is 26.1 Å². The molecule has 5 nitrogen and oxygen atoms in total. The van der Waals surface area contributed by atoms with Gasteiger partial charge in [-0.25, -0.2) is 8.42 Å². The molecule has 0 unspecified atom stereocenters. The molecule has 1 heterocycles. The van der Waals surface area contributed by atoms with Crippen molar-refractivity contribution in [2.24, 2.45) is 0 Å². The van der Waals surface area contributed by atoms with Crippen LogP contribution < -0.4 is 0 Å². The number of carbonyl (C=O) groups is 1. The van der Waals surface area contributed by atoms with Gasteiger partial charge in [-0.1, -0.05) is 49.4 Å². The van der Waals surface area contributed by atoms with Gasteiger partial charge in [0, 0.05) is 12.0 Å². The van der Waals surface area contributed by atoms with Crippen LogP contribution >= 0.6 is 0 Å². The van der Waals surface area contributed by atoms with E-state index in [-0.39, 0.29) is 23.6 Å². The summed E-state index contributed by atoms with van der Waals surface area (Å²) < 4.78 is 32.3. The average Bonchev–Trinajstić information content (AvgIpc) is 2.60. The van der Waals surface area contributed by atoms with Gasteiger partial charge in [0.25, 0.3) is 10.0 Å². The second-order valence-electron chi connectivity index (χ2n) is 5.35. The number of fused-ring (bicyclic) bond motifs is 1. The first-order valence-electron chi connectivity index (χ1n) is 7.60. The Labute approximate surface area is 141 Å². The molecule has 0 atom stereocenters. The second-order valence-corrected chi connectivity index (χ2v) is 7.21. The molecule has 0 aromatic heterocycles. The van der Waals surface area contributed by atoms with Crippen LogP contribution in [0.15, 0.2) is 65.7 Å². The lowest BCUT2D eigenvalue weighted by Crippen LogP contribution is -2.30. The minimum Gasteiger partial charge on any atom is -0.424 e. The number of hydrogen-bond donors (Lipinski definition) is 0. The van der Waals surface area contributed by atoms with E-state index < -0.39 is 16.0 Å². The Kier molecular flexibility index (Phi) is 4.40. The molecule has 0 saturated heterocycles. The molecule has 6 heteroatoms. The fourth-order valence-electron chi connectivity index (χ4n) is 2.46. The van der Waals surface area contributed by atoms with Crippen molar-refractivity contribution in [3.63, 3.8) is 0 Å².